The van der Waals surface area contributed by atoms with E-state index in [1.165, 1.54) is 5.69 Å². The molecular weight excluding hydrogens is 248 g/mol. The van der Waals surface area contributed by atoms with E-state index >= 15 is 0 Å². The van der Waals surface area contributed by atoms with Gasteiger partial charge in [0.2, 0.25) is 0 Å². The minimum Gasteiger partial charge on any atom is -0.299 e. The van der Waals surface area contributed by atoms with E-state index in [1.807, 2.05) is 0 Å². The van der Waals surface area contributed by atoms with E-state index in [0.717, 1.165) is 50.8 Å². The lowest BCUT2D eigenvalue weighted by Gasteiger charge is -2.23. The van der Waals surface area contributed by atoms with Crippen molar-refractivity contribution in [2.75, 3.05) is 6.54 Å². The lowest BCUT2D eigenvalue weighted by Crippen LogP contribution is -2.42. The Morgan fingerprint density at radius 2 is 2.25 bits per heavy atom. The second-order valence-electron chi connectivity index (χ2n) is 5.80. The standard InChI is InChI=1S/C16H26N4/c1-4-9-18-16(12-17)8-7-15(11-16)20-14(6-3)10-13(5-2)19-20/h10,15,18H,4-9,11H2,1-3H3. The number of aromatic nitrogens is 2. The van der Waals surface area contributed by atoms with Crippen LogP contribution in [0.4, 0.5) is 0 Å². The predicted octanol–water partition coefficient (Wildman–Crippen LogP) is 2.99. The molecule has 1 N–H and O–H groups in total. The largest absolute Gasteiger partial charge is 0.299 e. The molecule has 0 bridgehead atoms. The Labute approximate surface area is 122 Å². The Morgan fingerprint density at radius 3 is 2.85 bits per heavy atom. The predicted molar refractivity (Wildman–Crippen MR) is 80.5 cm³/mol. The highest BCUT2D eigenvalue weighted by molar-refractivity contribution is 5.16. The van der Waals surface area contributed by atoms with E-state index in [4.69, 9.17) is 5.10 Å². The number of aryl methyl sites for hydroxylation is 2. The van der Waals surface area contributed by atoms with Gasteiger partial charge >= 0.3 is 0 Å². The summed E-state index contributed by atoms with van der Waals surface area (Å²) in [5, 5.41) is 17.7. The van der Waals surface area contributed by atoms with E-state index in [9.17, 15) is 5.26 Å². The van der Waals surface area contributed by atoms with Gasteiger partial charge in [0.25, 0.3) is 0 Å². The molecule has 1 fully saturated rings. The molecular formula is C16H26N4. The average molecular weight is 274 g/mol. The third kappa shape index (κ3) is 2.88. The summed E-state index contributed by atoms with van der Waals surface area (Å²) in [5.41, 5.74) is 2.12. The molecule has 0 spiro atoms. The van der Waals surface area contributed by atoms with Gasteiger partial charge in [0, 0.05) is 12.1 Å². The van der Waals surface area contributed by atoms with Gasteiger partial charge in [0.15, 0.2) is 0 Å². The Balaban J connectivity index is 2.16. The topological polar surface area (TPSA) is 53.6 Å². The summed E-state index contributed by atoms with van der Waals surface area (Å²) in [4.78, 5) is 0. The molecule has 0 amide bonds. The van der Waals surface area contributed by atoms with Gasteiger partial charge in [-0.2, -0.15) is 10.4 Å². The second kappa shape index (κ2) is 6.41. The summed E-state index contributed by atoms with van der Waals surface area (Å²) in [5.74, 6) is 0. The number of nitrogens with zero attached hydrogens (tertiary/aromatic N) is 3. The summed E-state index contributed by atoms with van der Waals surface area (Å²) in [7, 11) is 0. The van der Waals surface area contributed by atoms with Crippen molar-refractivity contribution in [1.29, 1.82) is 5.26 Å². The van der Waals surface area contributed by atoms with Gasteiger partial charge < -0.3 is 0 Å². The third-order valence-electron chi connectivity index (χ3n) is 4.35. The molecule has 1 aliphatic rings. The molecule has 1 saturated carbocycles. The van der Waals surface area contributed by atoms with E-state index in [1.54, 1.807) is 0 Å². The fraction of sp³-hybridized carbons (Fsp3) is 0.750. The van der Waals surface area contributed by atoms with Crippen molar-refractivity contribution in [3.8, 4) is 6.07 Å². The Bertz CT molecular complexity index is 485. The first-order chi connectivity index (χ1) is 9.68. The molecule has 1 heterocycles. The lowest BCUT2D eigenvalue weighted by atomic mass is 9.99. The quantitative estimate of drug-likeness (QED) is 0.867. The Kier molecular flexibility index (Phi) is 4.82. The molecule has 0 radical (unpaired) electrons. The molecule has 4 heteroatoms. The third-order valence-corrected chi connectivity index (χ3v) is 4.35. The summed E-state index contributed by atoms with van der Waals surface area (Å²) in [6.45, 7) is 7.37. The minimum absolute atomic E-state index is 0.343. The van der Waals surface area contributed by atoms with Crippen LogP contribution in [0.5, 0.6) is 0 Å². The average Bonchev–Trinajstić information content (AvgIpc) is 3.09. The fourth-order valence-electron chi connectivity index (χ4n) is 3.14. The van der Waals surface area contributed by atoms with Crippen molar-refractivity contribution in [2.24, 2.45) is 0 Å². The van der Waals surface area contributed by atoms with Crippen LogP contribution < -0.4 is 5.32 Å². The normalized spacial score (nSPS) is 25.8. The molecule has 110 valence electrons. The molecule has 0 saturated heterocycles. The van der Waals surface area contributed by atoms with Crippen molar-refractivity contribution >= 4 is 0 Å². The van der Waals surface area contributed by atoms with Gasteiger partial charge in [-0.3, -0.25) is 10.00 Å². The lowest BCUT2D eigenvalue weighted by molar-refractivity contribution is 0.383. The zero-order chi connectivity index (χ0) is 14.6. The fourth-order valence-corrected chi connectivity index (χ4v) is 3.14. The number of rotatable bonds is 6. The first-order valence-corrected chi connectivity index (χ1v) is 7.91. The van der Waals surface area contributed by atoms with Gasteiger partial charge in [0.1, 0.15) is 5.54 Å². The van der Waals surface area contributed by atoms with Crippen LogP contribution in [0.15, 0.2) is 6.07 Å². The van der Waals surface area contributed by atoms with Gasteiger partial charge in [0.05, 0.1) is 17.8 Å². The zero-order valence-electron chi connectivity index (χ0n) is 12.9. The number of nitrogens with one attached hydrogen (secondary N) is 1. The zero-order valence-corrected chi connectivity index (χ0v) is 12.9. The first kappa shape index (κ1) is 15.1. The van der Waals surface area contributed by atoms with Crippen molar-refractivity contribution in [2.45, 2.75) is 70.9 Å². The Hall–Kier alpha value is -1.34. The molecule has 2 rings (SSSR count). The van der Waals surface area contributed by atoms with E-state index in [0.29, 0.717) is 6.04 Å². The SMILES string of the molecule is CCCNC1(C#N)CCC(n2nc(CC)cc2CC)C1. The highest BCUT2D eigenvalue weighted by Crippen LogP contribution is 2.38. The molecule has 0 aromatic carbocycles. The van der Waals surface area contributed by atoms with Gasteiger partial charge in [-0.15, -0.1) is 0 Å². The maximum atomic E-state index is 9.54. The van der Waals surface area contributed by atoms with E-state index in [-0.39, 0.29) is 5.54 Å². The summed E-state index contributed by atoms with van der Waals surface area (Å²) >= 11 is 0. The van der Waals surface area contributed by atoms with Crippen LogP contribution >= 0.6 is 0 Å². The second-order valence-corrected chi connectivity index (χ2v) is 5.80. The Morgan fingerprint density at radius 1 is 1.45 bits per heavy atom. The van der Waals surface area contributed by atoms with Crippen molar-refractivity contribution in [1.82, 2.24) is 15.1 Å². The van der Waals surface area contributed by atoms with E-state index in [2.05, 4.69) is 42.9 Å². The summed E-state index contributed by atoms with van der Waals surface area (Å²) in [6.07, 6.45) is 5.90. The van der Waals surface area contributed by atoms with Crippen LogP contribution in [-0.4, -0.2) is 21.9 Å². The van der Waals surface area contributed by atoms with Crippen LogP contribution in [0.1, 0.15) is 63.9 Å². The number of hydrogen-bond acceptors (Lipinski definition) is 3. The minimum atomic E-state index is -0.343. The molecule has 20 heavy (non-hydrogen) atoms. The molecule has 2 unspecified atom stereocenters. The van der Waals surface area contributed by atoms with Crippen molar-refractivity contribution < 1.29 is 0 Å². The molecule has 1 aliphatic carbocycles. The van der Waals surface area contributed by atoms with Crippen LogP contribution in [0, 0.1) is 11.3 Å². The molecule has 1 aromatic heterocycles. The van der Waals surface area contributed by atoms with Gasteiger partial charge in [-0.1, -0.05) is 20.8 Å². The van der Waals surface area contributed by atoms with Gasteiger partial charge in [-0.05, 0) is 44.7 Å². The van der Waals surface area contributed by atoms with Gasteiger partial charge in [-0.25, -0.2) is 0 Å². The molecule has 0 aliphatic heterocycles. The monoisotopic (exact) mass is 274 g/mol. The summed E-state index contributed by atoms with van der Waals surface area (Å²) in [6, 6.07) is 5.10. The molecule has 1 aromatic rings. The highest BCUT2D eigenvalue weighted by Gasteiger charge is 2.40. The summed E-state index contributed by atoms with van der Waals surface area (Å²) < 4.78 is 2.19. The van der Waals surface area contributed by atoms with Crippen LogP contribution in [-0.2, 0) is 12.8 Å². The van der Waals surface area contributed by atoms with Crippen molar-refractivity contribution in [3.05, 3.63) is 17.5 Å². The first-order valence-electron chi connectivity index (χ1n) is 7.91. The van der Waals surface area contributed by atoms with Crippen molar-refractivity contribution in [3.63, 3.8) is 0 Å². The maximum Gasteiger partial charge on any atom is 0.108 e. The number of hydrogen-bond donors (Lipinski definition) is 1. The van der Waals surface area contributed by atoms with Crippen LogP contribution in [0.25, 0.3) is 0 Å². The highest BCUT2D eigenvalue weighted by atomic mass is 15.3. The maximum absolute atomic E-state index is 9.54. The molecule has 4 nitrogen and oxygen atoms in total. The van der Waals surface area contributed by atoms with Crippen LogP contribution in [0.2, 0.25) is 0 Å². The number of nitriles is 1. The molecule has 2 atom stereocenters. The smallest absolute Gasteiger partial charge is 0.108 e. The van der Waals surface area contributed by atoms with E-state index < -0.39 is 0 Å². The van der Waals surface area contributed by atoms with Crippen LogP contribution in [0.3, 0.4) is 0 Å².